The van der Waals surface area contributed by atoms with Gasteiger partial charge in [0.25, 0.3) is 0 Å². The third kappa shape index (κ3) is 2.31. The zero-order valence-corrected chi connectivity index (χ0v) is 12.5. The number of anilines is 1. The summed E-state index contributed by atoms with van der Waals surface area (Å²) in [5.74, 6) is -0.363. The number of ether oxygens (including phenoxy) is 1. The second kappa shape index (κ2) is 5.53. The molecule has 2 aliphatic rings. The Morgan fingerprint density at radius 3 is 2.80 bits per heavy atom. The molecule has 2 atom stereocenters. The lowest BCUT2D eigenvalue weighted by Crippen LogP contribution is -2.60. The number of rotatable bonds is 4. The molecule has 0 heterocycles. The minimum absolute atomic E-state index is 0.173. The van der Waals surface area contributed by atoms with Crippen molar-refractivity contribution in [1.29, 1.82) is 0 Å². The lowest BCUT2D eigenvalue weighted by Gasteiger charge is -2.54. The summed E-state index contributed by atoms with van der Waals surface area (Å²) in [4.78, 5) is 0. The van der Waals surface area contributed by atoms with Gasteiger partial charge >= 0.3 is 0 Å². The molecular weight excluding hydrogens is 277 g/mol. The molecule has 0 bridgehead atoms. The molecule has 0 saturated heterocycles. The van der Waals surface area contributed by atoms with E-state index in [9.17, 15) is 4.39 Å². The van der Waals surface area contributed by atoms with Gasteiger partial charge in [0.05, 0.1) is 11.1 Å². The summed E-state index contributed by atoms with van der Waals surface area (Å²) >= 11 is 5.73. The summed E-state index contributed by atoms with van der Waals surface area (Å²) in [5.41, 5.74) is 1.07. The Morgan fingerprint density at radius 2 is 2.15 bits per heavy atom. The zero-order chi connectivity index (χ0) is 14.2. The lowest BCUT2D eigenvalue weighted by atomic mass is 9.60. The van der Waals surface area contributed by atoms with Crippen LogP contribution in [-0.2, 0) is 4.74 Å². The number of halogens is 2. The van der Waals surface area contributed by atoms with Crippen molar-refractivity contribution in [3.63, 3.8) is 0 Å². The van der Waals surface area contributed by atoms with Gasteiger partial charge in [-0.1, -0.05) is 24.4 Å². The van der Waals surface area contributed by atoms with Crippen LogP contribution in [0.3, 0.4) is 0 Å². The molecule has 2 aliphatic carbocycles. The van der Waals surface area contributed by atoms with E-state index in [0.29, 0.717) is 12.1 Å². The van der Waals surface area contributed by atoms with Crippen LogP contribution in [0.25, 0.3) is 0 Å². The van der Waals surface area contributed by atoms with Crippen LogP contribution < -0.4 is 5.32 Å². The normalized spacial score (nSPS) is 27.6. The van der Waals surface area contributed by atoms with Gasteiger partial charge in [0, 0.05) is 23.8 Å². The number of hydrogen-bond donors (Lipinski definition) is 1. The van der Waals surface area contributed by atoms with Crippen molar-refractivity contribution in [1.82, 2.24) is 0 Å². The van der Waals surface area contributed by atoms with E-state index in [1.165, 1.54) is 31.7 Å². The van der Waals surface area contributed by atoms with E-state index >= 15 is 0 Å². The van der Waals surface area contributed by atoms with E-state index < -0.39 is 0 Å². The highest BCUT2D eigenvalue weighted by Crippen LogP contribution is 2.55. The standard InChI is InChI=1S/C16H21ClFNO/c1-2-20-15-10-14(16(15)7-3-4-8-16)19-11-5-6-12(17)13(18)9-11/h5-6,9,14-15,19H,2-4,7-8,10H2,1H3. The average Bonchev–Trinajstić information content (AvgIpc) is 2.94. The Labute approximate surface area is 124 Å². The summed E-state index contributed by atoms with van der Waals surface area (Å²) in [6.07, 6.45) is 6.35. The second-order valence-electron chi connectivity index (χ2n) is 5.95. The molecular formula is C16H21ClFNO. The molecule has 0 amide bonds. The molecule has 20 heavy (non-hydrogen) atoms. The maximum atomic E-state index is 13.5. The van der Waals surface area contributed by atoms with E-state index in [2.05, 4.69) is 12.2 Å². The molecule has 4 heteroatoms. The fraction of sp³-hybridized carbons (Fsp3) is 0.625. The first-order valence-electron chi connectivity index (χ1n) is 7.49. The lowest BCUT2D eigenvalue weighted by molar-refractivity contribution is -0.114. The van der Waals surface area contributed by atoms with E-state index in [0.717, 1.165) is 18.7 Å². The van der Waals surface area contributed by atoms with Crippen molar-refractivity contribution in [3.05, 3.63) is 29.0 Å². The van der Waals surface area contributed by atoms with Gasteiger partial charge in [-0.25, -0.2) is 4.39 Å². The van der Waals surface area contributed by atoms with E-state index in [1.54, 1.807) is 6.07 Å². The molecule has 0 radical (unpaired) electrons. The first kappa shape index (κ1) is 14.2. The van der Waals surface area contributed by atoms with Gasteiger partial charge in [0.2, 0.25) is 0 Å². The molecule has 3 rings (SSSR count). The SMILES string of the molecule is CCOC1CC(Nc2ccc(Cl)c(F)c2)C12CCCC2. The average molecular weight is 298 g/mol. The zero-order valence-electron chi connectivity index (χ0n) is 11.8. The highest BCUT2D eigenvalue weighted by molar-refractivity contribution is 6.30. The molecule has 0 aliphatic heterocycles. The molecule has 2 saturated carbocycles. The Morgan fingerprint density at radius 1 is 1.40 bits per heavy atom. The molecule has 2 unspecified atom stereocenters. The van der Waals surface area contributed by atoms with Gasteiger partial charge in [-0.15, -0.1) is 0 Å². The molecule has 0 aromatic heterocycles. The third-order valence-corrected chi connectivity index (χ3v) is 5.25. The van der Waals surface area contributed by atoms with Crippen LogP contribution in [0.15, 0.2) is 18.2 Å². The van der Waals surface area contributed by atoms with Crippen LogP contribution >= 0.6 is 11.6 Å². The van der Waals surface area contributed by atoms with E-state index in [4.69, 9.17) is 16.3 Å². The van der Waals surface area contributed by atoms with Crippen LogP contribution in [-0.4, -0.2) is 18.8 Å². The summed E-state index contributed by atoms with van der Waals surface area (Å²) in [5, 5.41) is 3.66. The first-order chi connectivity index (χ1) is 9.65. The minimum atomic E-state index is -0.363. The van der Waals surface area contributed by atoms with Crippen molar-refractivity contribution in [3.8, 4) is 0 Å². The Kier molecular flexibility index (Phi) is 3.91. The predicted molar refractivity (Wildman–Crippen MR) is 79.8 cm³/mol. The van der Waals surface area contributed by atoms with Crippen LogP contribution in [0.4, 0.5) is 10.1 Å². The fourth-order valence-corrected chi connectivity index (χ4v) is 3.99. The smallest absolute Gasteiger partial charge is 0.143 e. The predicted octanol–water partition coefficient (Wildman–Crippen LogP) is 4.63. The van der Waals surface area contributed by atoms with Crippen LogP contribution in [0.1, 0.15) is 39.0 Å². The van der Waals surface area contributed by atoms with Gasteiger partial charge in [-0.3, -0.25) is 0 Å². The Bertz CT molecular complexity index is 487. The molecule has 2 nitrogen and oxygen atoms in total. The van der Waals surface area contributed by atoms with Crippen LogP contribution in [0.5, 0.6) is 0 Å². The maximum Gasteiger partial charge on any atom is 0.143 e. The van der Waals surface area contributed by atoms with E-state index in [1.807, 2.05) is 6.07 Å². The molecule has 1 aromatic carbocycles. The highest BCUT2D eigenvalue weighted by Gasteiger charge is 2.56. The maximum absolute atomic E-state index is 13.5. The molecule has 2 fully saturated rings. The highest BCUT2D eigenvalue weighted by atomic mass is 35.5. The summed E-state index contributed by atoms with van der Waals surface area (Å²) in [7, 11) is 0. The van der Waals surface area contributed by atoms with Gasteiger partial charge in [-0.2, -0.15) is 0 Å². The van der Waals surface area contributed by atoms with E-state index in [-0.39, 0.29) is 16.3 Å². The minimum Gasteiger partial charge on any atom is -0.381 e. The molecule has 1 N–H and O–H groups in total. The number of hydrogen-bond acceptors (Lipinski definition) is 2. The van der Waals surface area contributed by atoms with Crippen molar-refractivity contribution < 1.29 is 9.13 Å². The van der Waals surface area contributed by atoms with Crippen LogP contribution in [0, 0.1) is 11.2 Å². The topological polar surface area (TPSA) is 21.3 Å². The Balaban J connectivity index is 1.72. The van der Waals surface area contributed by atoms with Crippen molar-refractivity contribution in [2.24, 2.45) is 5.41 Å². The van der Waals surface area contributed by atoms with Gasteiger partial charge in [0.1, 0.15) is 5.82 Å². The Hall–Kier alpha value is -0.800. The van der Waals surface area contributed by atoms with Crippen molar-refractivity contribution in [2.75, 3.05) is 11.9 Å². The van der Waals surface area contributed by atoms with Gasteiger partial charge in [-0.05, 0) is 44.4 Å². The van der Waals surface area contributed by atoms with Gasteiger partial charge < -0.3 is 10.1 Å². The quantitative estimate of drug-likeness (QED) is 0.875. The summed E-state index contributed by atoms with van der Waals surface area (Å²) < 4.78 is 19.4. The molecule has 1 aromatic rings. The van der Waals surface area contributed by atoms with Crippen molar-refractivity contribution >= 4 is 17.3 Å². The third-order valence-electron chi connectivity index (χ3n) is 4.95. The largest absolute Gasteiger partial charge is 0.381 e. The summed E-state index contributed by atoms with van der Waals surface area (Å²) in [6.45, 7) is 2.83. The van der Waals surface area contributed by atoms with Crippen LogP contribution in [0.2, 0.25) is 5.02 Å². The summed E-state index contributed by atoms with van der Waals surface area (Å²) in [6, 6.07) is 5.34. The van der Waals surface area contributed by atoms with Gasteiger partial charge in [0.15, 0.2) is 0 Å². The molecule has 110 valence electrons. The first-order valence-corrected chi connectivity index (χ1v) is 7.87. The van der Waals surface area contributed by atoms with Crippen molar-refractivity contribution in [2.45, 2.75) is 51.2 Å². The second-order valence-corrected chi connectivity index (χ2v) is 6.35. The number of benzene rings is 1. The molecule has 1 spiro atoms. The monoisotopic (exact) mass is 297 g/mol. The number of nitrogens with one attached hydrogen (secondary N) is 1. The fourth-order valence-electron chi connectivity index (χ4n) is 3.88.